The minimum Gasteiger partial charge on any atom is -0.325 e. The van der Waals surface area contributed by atoms with Gasteiger partial charge in [-0.2, -0.15) is 0 Å². The van der Waals surface area contributed by atoms with E-state index in [1.54, 1.807) is 0 Å². The van der Waals surface area contributed by atoms with Crippen LogP contribution in [0.5, 0.6) is 0 Å². The summed E-state index contributed by atoms with van der Waals surface area (Å²) in [5.41, 5.74) is 3.48. The van der Waals surface area contributed by atoms with Gasteiger partial charge in [-0.3, -0.25) is 4.79 Å². The van der Waals surface area contributed by atoms with Crippen molar-refractivity contribution < 1.29 is 4.79 Å². The molecule has 2 rings (SSSR count). The van der Waals surface area contributed by atoms with Gasteiger partial charge in [0.1, 0.15) is 0 Å². The second-order valence-electron chi connectivity index (χ2n) is 4.99. The van der Waals surface area contributed by atoms with Crippen LogP contribution in [0.1, 0.15) is 37.3 Å². The Morgan fingerprint density at radius 2 is 2.28 bits per heavy atom. The number of benzene rings is 1. The number of nitrogens with one attached hydrogen (secondary N) is 2. The van der Waals surface area contributed by atoms with E-state index in [1.807, 2.05) is 6.07 Å². The lowest BCUT2D eigenvalue weighted by Gasteiger charge is -2.22. The molecule has 1 aromatic carbocycles. The van der Waals surface area contributed by atoms with Gasteiger partial charge in [0.2, 0.25) is 5.91 Å². The Bertz CT molecular complexity index is 423. The Balaban J connectivity index is 2.00. The minimum absolute atomic E-state index is 0.0232. The minimum atomic E-state index is -0.0232. The third-order valence-corrected chi connectivity index (χ3v) is 3.62. The first kappa shape index (κ1) is 13.1. The number of rotatable bonds is 3. The van der Waals surface area contributed by atoms with Gasteiger partial charge in [0.15, 0.2) is 0 Å². The van der Waals surface area contributed by atoms with Crippen molar-refractivity contribution in [2.75, 3.05) is 11.9 Å². The summed E-state index contributed by atoms with van der Waals surface area (Å²) in [6.45, 7) is 5.19. The number of amides is 1. The zero-order valence-corrected chi connectivity index (χ0v) is 11.3. The van der Waals surface area contributed by atoms with E-state index < -0.39 is 0 Å². The maximum Gasteiger partial charge on any atom is 0.241 e. The van der Waals surface area contributed by atoms with Gasteiger partial charge in [-0.15, -0.1) is 0 Å². The molecular formula is C15H22N2O. The molecule has 1 amide bonds. The quantitative estimate of drug-likeness (QED) is 0.861. The summed E-state index contributed by atoms with van der Waals surface area (Å²) in [5.74, 6) is 0.0957. The van der Waals surface area contributed by atoms with Crippen LogP contribution in [0, 0.1) is 6.92 Å². The molecule has 1 heterocycles. The average Bonchev–Trinajstić information content (AvgIpc) is 2.40. The molecule has 1 aliphatic heterocycles. The lowest BCUT2D eigenvalue weighted by molar-refractivity contribution is -0.118. The summed E-state index contributed by atoms with van der Waals surface area (Å²) in [6.07, 6.45) is 4.29. The predicted molar refractivity (Wildman–Crippen MR) is 74.8 cm³/mol. The van der Waals surface area contributed by atoms with Gasteiger partial charge in [-0.05, 0) is 56.0 Å². The van der Waals surface area contributed by atoms with E-state index in [4.69, 9.17) is 0 Å². The first-order valence-electron chi connectivity index (χ1n) is 6.84. The van der Waals surface area contributed by atoms with Gasteiger partial charge >= 0.3 is 0 Å². The Morgan fingerprint density at radius 3 is 2.89 bits per heavy atom. The number of carbonyl (C=O) groups excluding carboxylic acids is 1. The lowest BCUT2D eigenvalue weighted by atomic mass is 10.0. The van der Waals surface area contributed by atoms with Crippen LogP contribution in [0.25, 0.3) is 0 Å². The summed E-state index contributed by atoms with van der Waals surface area (Å²) >= 11 is 0. The van der Waals surface area contributed by atoms with Crippen LogP contribution < -0.4 is 10.6 Å². The van der Waals surface area contributed by atoms with E-state index in [0.717, 1.165) is 31.5 Å². The van der Waals surface area contributed by atoms with Gasteiger partial charge < -0.3 is 10.6 Å². The van der Waals surface area contributed by atoms with Crippen LogP contribution in [0.4, 0.5) is 5.69 Å². The Morgan fingerprint density at radius 1 is 1.44 bits per heavy atom. The molecule has 18 heavy (non-hydrogen) atoms. The second kappa shape index (κ2) is 6.01. The molecule has 3 nitrogen and oxygen atoms in total. The highest BCUT2D eigenvalue weighted by Gasteiger charge is 2.20. The molecule has 0 radical (unpaired) electrons. The first-order chi connectivity index (χ1) is 8.70. The normalized spacial score (nSPS) is 19.6. The van der Waals surface area contributed by atoms with E-state index in [9.17, 15) is 4.79 Å². The van der Waals surface area contributed by atoms with E-state index in [1.165, 1.54) is 17.5 Å². The Hall–Kier alpha value is -1.35. The van der Waals surface area contributed by atoms with Gasteiger partial charge in [-0.1, -0.05) is 19.4 Å². The van der Waals surface area contributed by atoms with Gasteiger partial charge in [0.25, 0.3) is 0 Å². The number of anilines is 1. The standard InChI is InChI=1S/C15H22N2O/c1-3-12-7-8-13(10-11(12)2)17-15(18)14-6-4-5-9-16-14/h7-8,10,14,16H,3-6,9H2,1-2H3,(H,17,18). The van der Waals surface area contributed by atoms with Gasteiger partial charge in [-0.25, -0.2) is 0 Å². The molecule has 0 aromatic heterocycles. The molecule has 1 atom stereocenters. The number of hydrogen-bond acceptors (Lipinski definition) is 2. The SMILES string of the molecule is CCc1ccc(NC(=O)C2CCCCN2)cc1C. The maximum absolute atomic E-state index is 12.1. The second-order valence-corrected chi connectivity index (χ2v) is 4.99. The third kappa shape index (κ3) is 3.10. The van der Waals surface area contributed by atoms with Crippen molar-refractivity contribution >= 4 is 11.6 Å². The first-order valence-corrected chi connectivity index (χ1v) is 6.84. The highest BCUT2D eigenvalue weighted by Crippen LogP contribution is 2.17. The molecule has 1 fully saturated rings. The number of aryl methyl sites for hydroxylation is 2. The Kier molecular flexibility index (Phi) is 4.37. The molecular weight excluding hydrogens is 224 g/mol. The summed E-state index contributed by atoms with van der Waals surface area (Å²) < 4.78 is 0. The highest BCUT2D eigenvalue weighted by molar-refractivity contribution is 5.95. The third-order valence-electron chi connectivity index (χ3n) is 3.62. The molecule has 0 saturated carbocycles. The van der Waals surface area contributed by atoms with Crippen LogP contribution in [-0.4, -0.2) is 18.5 Å². The van der Waals surface area contributed by atoms with Crippen molar-refractivity contribution in [3.05, 3.63) is 29.3 Å². The van der Waals surface area contributed by atoms with Gasteiger partial charge in [0.05, 0.1) is 6.04 Å². The number of hydrogen-bond donors (Lipinski definition) is 2. The van der Waals surface area contributed by atoms with Crippen molar-refractivity contribution in [2.24, 2.45) is 0 Å². The van der Waals surface area contributed by atoms with Crippen molar-refractivity contribution in [3.63, 3.8) is 0 Å². The van der Waals surface area contributed by atoms with Crippen LogP contribution in [-0.2, 0) is 11.2 Å². The van der Waals surface area contributed by atoms with E-state index in [-0.39, 0.29) is 11.9 Å². The molecule has 98 valence electrons. The highest BCUT2D eigenvalue weighted by atomic mass is 16.2. The van der Waals surface area contributed by atoms with Crippen LogP contribution in [0.2, 0.25) is 0 Å². The number of carbonyl (C=O) groups is 1. The van der Waals surface area contributed by atoms with Crippen LogP contribution >= 0.6 is 0 Å². The molecule has 2 N–H and O–H groups in total. The van der Waals surface area contributed by atoms with Crippen LogP contribution in [0.15, 0.2) is 18.2 Å². The fourth-order valence-corrected chi connectivity index (χ4v) is 2.48. The topological polar surface area (TPSA) is 41.1 Å². The average molecular weight is 246 g/mol. The molecule has 0 bridgehead atoms. The molecule has 1 aromatic rings. The smallest absolute Gasteiger partial charge is 0.241 e. The summed E-state index contributed by atoms with van der Waals surface area (Å²) in [4.78, 5) is 12.1. The van der Waals surface area contributed by atoms with Crippen molar-refractivity contribution in [1.82, 2.24) is 5.32 Å². The van der Waals surface area contributed by atoms with Crippen molar-refractivity contribution in [1.29, 1.82) is 0 Å². The lowest BCUT2D eigenvalue weighted by Crippen LogP contribution is -2.43. The predicted octanol–water partition coefficient (Wildman–Crippen LogP) is 2.64. The molecule has 3 heteroatoms. The summed E-state index contributed by atoms with van der Waals surface area (Å²) in [6, 6.07) is 6.12. The summed E-state index contributed by atoms with van der Waals surface area (Å²) in [7, 11) is 0. The molecule has 1 saturated heterocycles. The molecule has 1 unspecified atom stereocenters. The zero-order valence-electron chi connectivity index (χ0n) is 11.3. The van der Waals surface area contributed by atoms with E-state index in [2.05, 4.69) is 36.6 Å². The van der Waals surface area contributed by atoms with E-state index >= 15 is 0 Å². The largest absolute Gasteiger partial charge is 0.325 e. The van der Waals surface area contributed by atoms with Crippen LogP contribution in [0.3, 0.4) is 0 Å². The van der Waals surface area contributed by atoms with E-state index in [0.29, 0.717) is 0 Å². The molecule has 0 spiro atoms. The monoisotopic (exact) mass is 246 g/mol. The fourth-order valence-electron chi connectivity index (χ4n) is 2.48. The zero-order chi connectivity index (χ0) is 13.0. The fraction of sp³-hybridized carbons (Fsp3) is 0.533. The Labute approximate surface area is 109 Å². The maximum atomic E-state index is 12.1. The number of piperidine rings is 1. The molecule has 1 aliphatic rings. The van der Waals surface area contributed by atoms with Crippen molar-refractivity contribution in [3.8, 4) is 0 Å². The van der Waals surface area contributed by atoms with Crippen molar-refractivity contribution in [2.45, 2.75) is 45.6 Å². The summed E-state index contributed by atoms with van der Waals surface area (Å²) in [5, 5.41) is 6.27. The molecule has 0 aliphatic carbocycles. The van der Waals surface area contributed by atoms with Gasteiger partial charge in [0, 0.05) is 5.69 Å².